The Morgan fingerprint density at radius 1 is 1.21 bits per heavy atom. The first kappa shape index (κ1) is 12.5. The van der Waals surface area contributed by atoms with Gasteiger partial charge in [-0.05, 0) is 49.7 Å². The van der Waals surface area contributed by atoms with Crippen molar-refractivity contribution in [3.05, 3.63) is 29.8 Å². The zero-order valence-electron chi connectivity index (χ0n) is 11.0. The molecular weight excluding hydrogens is 240 g/mol. The first-order valence-electron chi connectivity index (χ1n) is 7.08. The number of hydrogen-bond donors (Lipinski definition) is 1. The van der Waals surface area contributed by atoms with Crippen molar-refractivity contribution >= 4 is 6.09 Å². The highest BCUT2D eigenvalue weighted by atomic mass is 16.6. The summed E-state index contributed by atoms with van der Waals surface area (Å²) in [5.41, 5.74) is 7.12. The van der Waals surface area contributed by atoms with E-state index in [0.29, 0.717) is 18.2 Å². The van der Waals surface area contributed by atoms with Gasteiger partial charge in [-0.3, -0.25) is 4.90 Å². The number of piperidine rings is 1. The van der Waals surface area contributed by atoms with Crippen molar-refractivity contribution in [2.45, 2.75) is 44.2 Å². The van der Waals surface area contributed by atoms with Crippen molar-refractivity contribution in [1.29, 1.82) is 0 Å². The Hall–Kier alpha value is -1.55. The fraction of sp³-hybridized carbons (Fsp3) is 0.533. The summed E-state index contributed by atoms with van der Waals surface area (Å²) in [4.78, 5) is 13.8. The minimum absolute atomic E-state index is 0.200. The first-order chi connectivity index (χ1) is 9.25. The summed E-state index contributed by atoms with van der Waals surface area (Å²) in [5.74, 6) is 1.27. The fourth-order valence-electron chi connectivity index (χ4n) is 2.64. The number of carbonyl (C=O) groups excluding carboxylic acids is 1. The molecule has 2 N–H and O–H groups in total. The number of carbonyl (C=O) groups is 1. The van der Waals surface area contributed by atoms with Crippen molar-refractivity contribution in [3.8, 4) is 5.75 Å². The minimum Gasteiger partial charge on any atom is -0.410 e. The van der Waals surface area contributed by atoms with Crippen molar-refractivity contribution in [2.75, 3.05) is 6.54 Å². The Bertz CT molecular complexity index is 471. The zero-order chi connectivity index (χ0) is 13.2. The Morgan fingerprint density at radius 2 is 2.00 bits per heavy atom. The van der Waals surface area contributed by atoms with E-state index in [0.717, 1.165) is 24.8 Å². The highest BCUT2D eigenvalue weighted by molar-refractivity contribution is 5.71. The summed E-state index contributed by atoms with van der Waals surface area (Å²) in [6, 6.07) is 7.83. The van der Waals surface area contributed by atoms with Crippen LogP contribution in [0.15, 0.2) is 24.3 Å². The van der Waals surface area contributed by atoms with Gasteiger partial charge in [-0.1, -0.05) is 18.2 Å². The molecule has 1 aliphatic heterocycles. The summed E-state index contributed by atoms with van der Waals surface area (Å²) < 4.78 is 5.56. The van der Waals surface area contributed by atoms with E-state index in [1.165, 1.54) is 12.8 Å². The van der Waals surface area contributed by atoms with E-state index in [2.05, 4.69) is 6.07 Å². The molecular formula is C15H20N2O2. The van der Waals surface area contributed by atoms with Gasteiger partial charge in [-0.2, -0.15) is 0 Å². The number of rotatable bonds is 2. The third kappa shape index (κ3) is 2.73. The quantitative estimate of drug-likeness (QED) is 0.889. The van der Waals surface area contributed by atoms with Gasteiger partial charge in [0.2, 0.25) is 0 Å². The highest BCUT2D eigenvalue weighted by Gasteiger charge is 2.29. The molecule has 1 aromatic carbocycles. The number of nitrogens with two attached hydrogens (primary N) is 1. The van der Waals surface area contributed by atoms with Crippen LogP contribution >= 0.6 is 0 Å². The number of para-hydroxylation sites is 1. The van der Waals surface area contributed by atoms with E-state index in [-0.39, 0.29) is 12.3 Å². The number of hydrogen-bond acceptors (Lipinski definition) is 3. The minimum atomic E-state index is -0.305. The molecule has 1 aromatic rings. The molecule has 2 fully saturated rings. The van der Waals surface area contributed by atoms with Crippen LogP contribution in [0.1, 0.15) is 43.6 Å². The zero-order valence-corrected chi connectivity index (χ0v) is 11.0. The van der Waals surface area contributed by atoms with Crippen LogP contribution in [0, 0.1) is 0 Å². The third-order valence-electron chi connectivity index (χ3n) is 3.92. The van der Waals surface area contributed by atoms with Crippen molar-refractivity contribution < 1.29 is 9.53 Å². The molecule has 1 unspecified atom stereocenters. The molecule has 4 nitrogen and oxygen atoms in total. The van der Waals surface area contributed by atoms with Gasteiger partial charge >= 0.3 is 6.09 Å². The average Bonchev–Trinajstić information content (AvgIpc) is 3.24. The van der Waals surface area contributed by atoms with E-state index < -0.39 is 0 Å². The Kier molecular flexibility index (Phi) is 3.42. The predicted octanol–water partition coefficient (Wildman–Crippen LogP) is 2.83. The number of likely N-dealkylation sites (tertiary alicyclic amines) is 1. The lowest BCUT2D eigenvalue weighted by molar-refractivity contribution is 0.114. The molecule has 102 valence electrons. The molecule has 1 heterocycles. The first-order valence-corrected chi connectivity index (χ1v) is 7.08. The van der Waals surface area contributed by atoms with Crippen LogP contribution in [0.2, 0.25) is 0 Å². The molecule has 1 saturated carbocycles. The maximum absolute atomic E-state index is 12.2. The largest absolute Gasteiger partial charge is 0.416 e. The number of benzene rings is 1. The molecule has 1 amide bonds. The van der Waals surface area contributed by atoms with Crippen LogP contribution in [0.4, 0.5) is 4.79 Å². The maximum atomic E-state index is 12.2. The van der Waals surface area contributed by atoms with E-state index >= 15 is 0 Å². The lowest BCUT2D eigenvalue weighted by atomic mass is 10.1. The van der Waals surface area contributed by atoms with Gasteiger partial charge in [0.25, 0.3) is 0 Å². The molecule has 2 aliphatic rings. The second-order valence-electron chi connectivity index (χ2n) is 5.44. The van der Waals surface area contributed by atoms with Gasteiger partial charge in [-0.15, -0.1) is 0 Å². The van der Waals surface area contributed by atoms with Gasteiger partial charge < -0.3 is 10.5 Å². The molecule has 1 saturated heterocycles. The standard InChI is InChI=1S/C15H20N2O2/c16-14-7-3-4-10-17(14)15(18)19-13-6-2-1-5-12(13)11-8-9-11/h1-2,5-6,11,14H,3-4,7-10,16H2. The molecule has 0 aromatic heterocycles. The SMILES string of the molecule is NC1CCCCN1C(=O)Oc1ccccc1C1CC1. The lowest BCUT2D eigenvalue weighted by Gasteiger charge is -2.32. The Labute approximate surface area is 113 Å². The predicted molar refractivity (Wildman–Crippen MR) is 73.0 cm³/mol. The van der Waals surface area contributed by atoms with Gasteiger partial charge in [-0.25, -0.2) is 4.79 Å². The van der Waals surface area contributed by atoms with Crippen LogP contribution in [0.5, 0.6) is 5.75 Å². The van der Waals surface area contributed by atoms with Gasteiger partial charge in [0.15, 0.2) is 0 Å². The summed E-state index contributed by atoms with van der Waals surface area (Å²) in [5, 5.41) is 0. The monoisotopic (exact) mass is 260 g/mol. The summed E-state index contributed by atoms with van der Waals surface area (Å²) in [7, 11) is 0. The molecule has 1 aliphatic carbocycles. The average molecular weight is 260 g/mol. The van der Waals surface area contributed by atoms with Crippen LogP contribution in [-0.2, 0) is 0 Å². The molecule has 1 atom stereocenters. The van der Waals surface area contributed by atoms with Gasteiger partial charge in [0.05, 0.1) is 6.17 Å². The summed E-state index contributed by atoms with van der Waals surface area (Å²) >= 11 is 0. The normalized spacial score (nSPS) is 23.2. The van der Waals surface area contributed by atoms with Crippen LogP contribution in [0.3, 0.4) is 0 Å². The lowest BCUT2D eigenvalue weighted by Crippen LogP contribution is -2.49. The van der Waals surface area contributed by atoms with Crippen LogP contribution in [0.25, 0.3) is 0 Å². The fourth-order valence-corrected chi connectivity index (χ4v) is 2.64. The van der Waals surface area contributed by atoms with Crippen LogP contribution in [-0.4, -0.2) is 23.7 Å². The van der Waals surface area contributed by atoms with Gasteiger partial charge in [0.1, 0.15) is 5.75 Å². The Morgan fingerprint density at radius 3 is 2.74 bits per heavy atom. The molecule has 3 rings (SSSR count). The van der Waals surface area contributed by atoms with E-state index in [1.54, 1.807) is 4.90 Å². The second kappa shape index (κ2) is 5.21. The molecule has 0 spiro atoms. The second-order valence-corrected chi connectivity index (χ2v) is 5.44. The third-order valence-corrected chi connectivity index (χ3v) is 3.92. The molecule has 19 heavy (non-hydrogen) atoms. The smallest absolute Gasteiger partial charge is 0.410 e. The summed E-state index contributed by atoms with van der Waals surface area (Å²) in [6.45, 7) is 0.700. The molecule has 4 heteroatoms. The van der Waals surface area contributed by atoms with E-state index in [9.17, 15) is 4.79 Å². The van der Waals surface area contributed by atoms with Gasteiger partial charge in [0, 0.05) is 6.54 Å². The number of amides is 1. The Balaban J connectivity index is 1.72. The molecule has 0 radical (unpaired) electrons. The van der Waals surface area contributed by atoms with Crippen molar-refractivity contribution in [1.82, 2.24) is 4.90 Å². The summed E-state index contributed by atoms with van der Waals surface area (Å²) in [6.07, 6.45) is 4.83. The topological polar surface area (TPSA) is 55.6 Å². The van der Waals surface area contributed by atoms with Crippen LogP contribution < -0.4 is 10.5 Å². The maximum Gasteiger partial charge on any atom is 0.416 e. The number of ether oxygens (including phenoxy) is 1. The van der Waals surface area contributed by atoms with E-state index in [1.807, 2.05) is 18.2 Å². The molecule has 0 bridgehead atoms. The highest BCUT2D eigenvalue weighted by Crippen LogP contribution is 2.44. The van der Waals surface area contributed by atoms with E-state index in [4.69, 9.17) is 10.5 Å². The number of nitrogens with zero attached hydrogens (tertiary/aromatic N) is 1. The van der Waals surface area contributed by atoms with Crippen molar-refractivity contribution in [2.24, 2.45) is 5.73 Å². The van der Waals surface area contributed by atoms with Crippen molar-refractivity contribution in [3.63, 3.8) is 0 Å².